The van der Waals surface area contributed by atoms with Gasteiger partial charge < -0.3 is 14.8 Å². The standard InChI is InChI=1S/C15H14F4N2O4/c1-14(12(22)23,21-7-6-20-13(21)24)9-2-4-10(5-3-9)25-8-15(18,19)11(16)17/h2-7,11H,8H2,1H3,(H,20,24)(H,22,23). The number of aromatic nitrogens is 2. The Morgan fingerprint density at radius 2 is 1.92 bits per heavy atom. The average Bonchev–Trinajstić information content (AvgIpc) is 2.99. The monoisotopic (exact) mass is 362 g/mol. The van der Waals surface area contributed by atoms with Gasteiger partial charge in [-0.2, -0.15) is 8.78 Å². The topological polar surface area (TPSA) is 84.3 Å². The molecule has 10 heteroatoms. The molecule has 0 aliphatic rings. The van der Waals surface area contributed by atoms with E-state index in [4.69, 9.17) is 0 Å². The van der Waals surface area contributed by atoms with Gasteiger partial charge in [-0.15, -0.1) is 0 Å². The summed E-state index contributed by atoms with van der Waals surface area (Å²) >= 11 is 0. The number of aliphatic carboxylic acids is 1. The average molecular weight is 362 g/mol. The summed E-state index contributed by atoms with van der Waals surface area (Å²) in [7, 11) is 0. The molecule has 0 fully saturated rings. The van der Waals surface area contributed by atoms with Gasteiger partial charge in [-0.1, -0.05) is 12.1 Å². The van der Waals surface area contributed by atoms with Gasteiger partial charge in [0.1, 0.15) is 5.75 Å². The quantitative estimate of drug-likeness (QED) is 0.741. The third kappa shape index (κ3) is 3.52. The molecule has 1 aromatic carbocycles. The number of imidazole rings is 1. The number of carboxylic acid groups (broad SMARTS) is 1. The van der Waals surface area contributed by atoms with E-state index in [1.54, 1.807) is 0 Å². The van der Waals surface area contributed by atoms with Crippen molar-refractivity contribution >= 4 is 5.97 Å². The highest BCUT2D eigenvalue weighted by Gasteiger charge is 2.42. The Kier molecular flexibility index (Phi) is 4.91. The Balaban J connectivity index is 2.27. The maximum atomic E-state index is 12.8. The van der Waals surface area contributed by atoms with E-state index in [1.807, 2.05) is 0 Å². The lowest BCUT2D eigenvalue weighted by Gasteiger charge is -2.26. The lowest BCUT2D eigenvalue weighted by Crippen LogP contribution is -2.44. The number of carbonyl (C=O) groups is 1. The van der Waals surface area contributed by atoms with Gasteiger partial charge in [0.05, 0.1) is 0 Å². The van der Waals surface area contributed by atoms with E-state index < -0.39 is 36.2 Å². The molecular weight excluding hydrogens is 348 g/mol. The summed E-state index contributed by atoms with van der Waals surface area (Å²) in [5, 5.41) is 9.54. The number of aromatic amines is 1. The Labute approximate surface area is 138 Å². The predicted molar refractivity (Wildman–Crippen MR) is 78.3 cm³/mol. The first-order valence-corrected chi connectivity index (χ1v) is 6.98. The van der Waals surface area contributed by atoms with Crippen LogP contribution >= 0.6 is 0 Å². The summed E-state index contributed by atoms with van der Waals surface area (Å²) < 4.78 is 55.4. The molecule has 0 amide bonds. The normalized spacial score (nSPS) is 14.3. The molecule has 0 saturated heterocycles. The van der Waals surface area contributed by atoms with Crippen LogP contribution in [0.5, 0.6) is 5.75 Å². The molecule has 0 spiro atoms. The highest BCUT2D eigenvalue weighted by molar-refractivity contribution is 5.80. The molecular formula is C15H14F4N2O4. The minimum Gasteiger partial charge on any atom is -0.487 e. The highest BCUT2D eigenvalue weighted by Crippen LogP contribution is 2.28. The lowest BCUT2D eigenvalue weighted by atomic mass is 9.91. The van der Waals surface area contributed by atoms with Gasteiger partial charge in [-0.3, -0.25) is 4.57 Å². The zero-order chi connectivity index (χ0) is 18.8. The first-order valence-electron chi connectivity index (χ1n) is 6.98. The third-order valence-corrected chi connectivity index (χ3v) is 3.71. The second-order valence-electron chi connectivity index (χ2n) is 5.39. The molecule has 2 aromatic rings. The number of nitrogens with one attached hydrogen (secondary N) is 1. The van der Waals surface area contributed by atoms with Crippen molar-refractivity contribution in [2.45, 2.75) is 24.8 Å². The highest BCUT2D eigenvalue weighted by atomic mass is 19.3. The summed E-state index contributed by atoms with van der Waals surface area (Å²) in [6.45, 7) is -0.233. The summed E-state index contributed by atoms with van der Waals surface area (Å²) in [5.41, 5.74) is -2.25. The van der Waals surface area contributed by atoms with E-state index in [0.717, 1.165) is 16.7 Å². The number of H-pyrrole nitrogens is 1. The van der Waals surface area contributed by atoms with E-state index in [1.165, 1.54) is 31.5 Å². The molecule has 6 nitrogen and oxygen atoms in total. The Hall–Kier alpha value is -2.78. The van der Waals surface area contributed by atoms with E-state index in [2.05, 4.69) is 9.72 Å². The van der Waals surface area contributed by atoms with Crippen LogP contribution in [0.25, 0.3) is 0 Å². The van der Waals surface area contributed by atoms with Crippen molar-refractivity contribution in [1.29, 1.82) is 0 Å². The fourth-order valence-electron chi connectivity index (χ4n) is 2.16. The molecule has 1 heterocycles. The second-order valence-corrected chi connectivity index (χ2v) is 5.39. The number of hydrogen-bond acceptors (Lipinski definition) is 3. The lowest BCUT2D eigenvalue weighted by molar-refractivity contribution is -0.148. The molecule has 1 atom stereocenters. The zero-order valence-electron chi connectivity index (χ0n) is 12.9. The minimum absolute atomic E-state index is 0.141. The number of hydrogen-bond donors (Lipinski definition) is 2. The number of benzene rings is 1. The van der Waals surface area contributed by atoms with Crippen molar-refractivity contribution in [1.82, 2.24) is 9.55 Å². The van der Waals surface area contributed by atoms with Crippen molar-refractivity contribution in [3.8, 4) is 5.75 Å². The van der Waals surface area contributed by atoms with Gasteiger partial charge in [0.2, 0.25) is 0 Å². The van der Waals surface area contributed by atoms with Gasteiger partial charge in [-0.05, 0) is 24.6 Å². The molecule has 0 aliphatic heterocycles. The predicted octanol–water partition coefficient (Wildman–Crippen LogP) is 2.30. The van der Waals surface area contributed by atoms with Crippen molar-refractivity contribution in [3.05, 3.63) is 52.7 Å². The van der Waals surface area contributed by atoms with Crippen LogP contribution in [-0.2, 0) is 10.3 Å². The molecule has 2 rings (SSSR count). The fourth-order valence-corrected chi connectivity index (χ4v) is 2.16. The molecule has 0 saturated carbocycles. The van der Waals surface area contributed by atoms with Crippen LogP contribution in [0.15, 0.2) is 41.5 Å². The van der Waals surface area contributed by atoms with Crippen LogP contribution in [0.1, 0.15) is 12.5 Å². The molecule has 2 N–H and O–H groups in total. The van der Waals surface area contributed by atoms with Gasteiger partial charge in [0.25, 0.3) is 0 Å². The van der Waals surface area contributed by atoms with Gasteiger partial charge in [-0.25, -0.2) is 18.4 Å². The maximum absolute atomic E-state index is 12.8. The van der Waals surface area contributed by atoms with Crippen LogP contribution in [0.4, 0.5) is 17.6 Å². The van der Waals surface area contributed by atoms with E-state index in [0.29, 0.717) is 0 Å². The van der Waals surface area contributed by atoms with E-state index >= 15 is 0 Å². The summed E-state index contributed by atoms with van der Waals surface area (Å²) in [4.78, 5) is 25.8. The van der Waals surface area contributed by atoms with Crippen molar-refractivity contribution in [3.63, 3.8) is 0 Å². The molecule has 136 valence electrons. The first kappa shape index (κ1) is 18.6. The number of ether oxygens (including phenoxy) is 1. The summed E-state index contributed by atoms with van der Waals surface area (Å²) in [6, 6.07) is 4.83. The SMILES string of the molecule is CC(C(=O)O)(c1ccc(OCC(F)(F)C(F)F)cc1)n1cc[nH]c1=O. The van der Waals surface area contributed by atoms with Crippen LogP contribution in [0.3, 0.4) is 0 Å². The Morgan fingerprint density at radius 3 is 2.36 bits per heavy atom. The van der Waals surface area contributed by atoms with Gasteiger partial charge in [0.15, 0.2) is 12.1 Å². The number of carboxylic acids is 1. The molecule has 0 aliphatic carbocycles. The fraction of sp³-hybridized carbons (Fsp3) is 0.333. The molecule has 0 radical (unpaired) electrons. The molecule has 1 aromatic heterocycles. The molecule has 25 heavy (non-hydrogen) atoms. The van der Waals surface area contributed by atoms with Crippen LogP contribution in [0.2, 0.25) is 0 Å². The van der Waals surface area contributed by atoms with Gasteiger partial charge in [0, 0.05) is 12.4 Å². The number of halogens is 4. The number of alkyl halides is 4. The minimum atomic E-state index is -4.30. The maximum Gasteiger partial charge on any atom is 0.340 e. The summed E-state index contributed by atoms with van der Waals surface area (Å²) in [5.74, 6) is -5.77. The van der Waals surface area contributed by atoms with Gasteiger partial charge >= 0.3 is 24.0 Å². The van der Waals surface area contributed by atoms with E-state index in [-0.39, 0.29) is 11.3 Å². The zero-order valence-corrected chi connectivity index (χ0v) is 12.9. The Morgan fingerprint density at radius 1 is 1.32 bits per heavy atom. The third-order valence-electron chi connectivity index (χ3n) is 3.71. The van der Waals surface area contributed by atoms with Crippen LogP contribution in [0, 0.1) is 0 Å². The smallest absolute Gasteiger partial charge is 0.340 e. The Bertz CT molecular complexity index is 800. The number of rotatable bonds is 7. The molecule has 0 bridgehead atoms. The summed E-state index contributed by atoms with van der Waals surface area (Å²) in [6.07, 6.45) is -1.33. The number of nitrogens with zero attached hydrogens (tertiary/aromatic N) is 1. The molecule has 1 unspecified atom stereocenters. The second kappa shape index (κ2) is 6.61. The van der Waals surface area contributed by atoms with Crippen molar-refractivity contribution < 1.29 is 32.2 Å². The van der Waals surface area contributed by atoms with E-state index in [9.17, 15) is 32.3 Å². The first-order chi connectivity index (χ1) is 11.6. The van der Waals surface area contributed by atoms with Crippen LogP contribution in [-0.4, -0.2) is 39.6 Å². The van der Waals surface area contributed by atoms with Crippen LogP contribution < -0.4 is 10.4 Å². The largest absolute Gasteiger partial charge is 0.487 e. The van der Waals surface area contributed by atoms with Crippen molar-refractivity contribution in [2.75, 3.05) is 6.61 Å². The van der Waals surface area contributed by atoms with Crippen molar-refractivity contribution in [2.24, 2.45) is 0 Å².